The van der Waals surface area contributed by atoms with Crippen LogP contribution >= 0.6 is 24.8 Å². The molecule has 1 radical (unpaired) electrons. The van der Waals surface area contributed by atoms with E-state index in [0.717, 1.165) is 38.5 Å². The van der Waals surface area contributed by atoms with E-state index in [9.17, 15) is 28.4 Å². The van der Waals surface area contributed by atoms with E-state index in [2.05, 4.69) is 34.3 Å². The zero-order valence-electron chi connectivity index (χ0n) is 23.4. The van der Waals surface area contributed by atoms with Crippen molar-refractivity contribution in [2.75, 3.05) is 19.8 Å². The number of hydrogen-bond acceptors (Lipinski definition) is 9. The van der Waals surface area contributed by atoms with E-state index in [0.29, 0.717) is 19.8 Å². The fraction of sp³-hybridized carbons (Fsp3) is 1.00. The van der Waals surface area contributed by atoms with Crippen LogP contribution in [0, 0.1) is 0 Å². The Kier molecular flexibility index (Phi) is 50.4. The molecular weight excluding hydrogens is 577 g/mol. The molecule has 0 amide bonds. The molecule has 9 nitrogen and oxygen atoms in total. The summed E-state index contributed by atoms with van der Waals surface area (Å²) in [5.74, 6) is 0. The number of unbranched alkanes of at least 4 members (excludes halogenated alkanes) is 15. The molecule has 0 aromatic carbocycles. The van der Waals surface area contributed by atoms with E-state index in [1.807, 2.05) is 0 Å². The Morgan fingerprint density at radius 1 is 0.405 bits per heavy atom. The molecule has 0 saturated heterocycles. The maximum absolute atomic E-state index is 9.99. The van der Waals surface area contributed by atoms with Crippen molar-refractivity contribution in [3.63, 3.8) is 0 Å². The zero-order chi connectivity index (χ0) is 27.7. The third-order valence-corrected chi connectivity index (χ3v) is 6.47. The molecule has 0 aliphatic carbocycles. The van der Waals surface area contributed by atoms with E-state index in [-0.39, 0.29) is 17.4 Å². The molecule has 3 atom stereocenters. The van der Waals surface area contributed by atoms with Crippen molar-refractivity contribution in [3.05, 3.63) is 0 Å². The van der Waals surface area contributed by atoms with Crippen LogP contribution in [0.5, 0.6) is 0 Å². The van der Waals surface area contributed by atoms with Gasteiger partial charge in [-0.1, -0.05) is 117 Å². The van der Waals surface area contributed by atoms with Crippen LogP contribution in [0.25, 0.3) is 0 Å². The maximum atomic E-state index is 9.99. The molecule has 0 rings (SSSR count). The summed E-state index contributed by atoms with van der Waals surface area (Å²) in [4.78, 5) is 30.0. The molecular formula is C24H54CrO9P3. The predicted octanol–water partition coefficient (Wildman–Crippen LogP) is 6.34. The van der Waals surface area contributed by atoms with Gasteiger partial charge in [0.1, 0.15) is 24.8 Å². The van der Waals surface area contributed by atoms with Crippen molar-refractivity contribution in [3.8, 4) is 0 Å². The summed E-state index contributed by atoms with van der Waals surface area (Å²) in [6.45, 7) is 7.63. The van der Waals surface area contributed by atoms with E-state index in [4.69, 9.17) is 0 Å². The van der Waals surface area contributed by atoms with Gasteiger partial charge in [0.15, 0.2) is 0 Å². The second-order valence-electron chi connectivity index (χ2n) is 8.60. The normalized spacial score (nSPS) is 12.8. The summed E-state index contributed by atoms with van der Waals surface area (Å²) in [5.41, 5.74) is 0. The van der Waals surface area contributed by atoms with E-state index < -0.39 is 24.8 Å². The number of hydrogen-bond donors (Lipinski definition) is 0. The Hall–Kier alpha value is 0.982. The Morgan fingerprint density at radius 3 is 0.784 bits per heavy atom. The molecule has 0 aliphatic heterocycles. The molecule has 37 heavy (non-hydrogen) atoms. The zero-order valence-corrected chi connectivity index (χ0v) is 27.7. The van der Waals surface area contributed by atoms with Crippen LogP contribution in [0.3, 0.4) is 0 Å². The Bertz CT molecular complexity index is 424. The summed E-state index contributed by atoms with van der Waals surface area (Å²) in [6.07, 6.45) is 20.7. The van der Waals surface area contributed by atoms with Crippen molar-refractivity contribution >= 4 is 24.8 Å². The van der Waals surface area contributed by atoms with Crippen LogP contribution in [-0.2, 0) is 44.6 Å². The van der Waals surface area contributed by atoms with Crippen LogP contribution < -0.4 is 14.7 Å². The first-order valence-electron chi connectivity index (χ1n) is 13.8. The van der Waals surface area contributed by atoms with Crippen molar-refractivity contribution in [2.24, 2.45) is 0 Å². The average Bonchev–Trinajstić information content (AvgIpc) is 2.83. The van der Waals surface area contributed by atoms with Crippen LogP contribution in [-0.4, -0.2) is 19.8 Å². The average molecular weight is 632 g/mol. The molecule has 0 bridgehead atoms. The SMILES string of the molecule is CCCCCCCCO[PH](=O)[O-].CCCCCCCCO[PH](=O)[O-].CCCCCCCCO[PH](=O)[O-].[Cr+3]. The maximum Gasteiger partial charge on any atom is 3.00 e. The van der Waals surface area contributed by atoms with Gasteiger partial charge >= 0.3 is 17.4 Å². The Labute approximate surface area is 239 Å². The van der Waals surface area contributed by atoms with Crippen molar-refractivity contribution in [1.82, 2.24) is 0 Å². The van der Waals surface area contributed by atoms with Crippen molar-refractivity contribution in [1.29, 1.82) is 0 Å². The summed E-state index contributed by atoms with van der Waals surface area (Å²) in [7, 11) is -8.80. The first-order valence-corrected chi connectivity index (χ1v) is 17.5. The molecule has 3 unspecified atom stereocenters. The Morgan fingerprint density at radius 2 is 0.595 bits per heavy atom. The van der Waals surface area contributed by atoms with Gasteiger partial charge in [-0.2, -0.15) is 0 Å². The third kappa shape index (κ3) is 57.8. The smallest absolute Gasteiger partial charge is 0.781 e. The predicted molar refractivity (Wildman–Crippen MR) is 145 cm³/mol. The molecule has 0 saturated carbocycles. The molecule has 0 aromatic rings. The quantitative estimate of drug-likeness (QED) is 0.0879. The van der Waals surface area contributed by atoms with E-state index in [1.165, 1.54) is 77.0 Å². The fourth-order valence-electron chi connectivity index (χ4n) is 3.11. The van der Waals surface area contributed by atoms with Gasteiger partial charge in [-0.25, -0.2) is 0 Å². The second kappa shape index (κ2) is 41.5. The largest absolute Gasteiger partial charge is 3.00 e. The van der Waals surface area contributed by atoms with E-state index in [1.54, 1.807) is 0 Å². The second-order valence-corrected chi connectivity index (χ2v) is 11.0. The number of rotatable bonds is 24. The summed E-state index contributed by atoms with van der Waals surface area (Å²) in [6, 6.07) is 0. The Balaban J connectivity index is -0.000000218. The van der Waals surface area contributed by atoms with Crippen LogP contribution in [0.15, 0.2) is 0 Å². The topological polar surface area (TPSA) is 148 Å². The van der Waals surface area contributed by atoms with Crippen molar-refractivity contribution < 1.29 is 59.3 Å². The molecule has 225 valence electrons. The van der Waals surface area contributed by atoms with Crippen LogP contribution in [0.2, 0.25) is 0 Å². The minimum atomic E-state index is -2.93. The molecule has 0 aliphatic rings. The summed E-state index contributed by atoms with van der Waals surface area (Å²) in [5, 5.41) is 0. The van der Waals surface area contributed by atoms with Gasteiger partial charge < -0.3 is 41.9 Å². The van der Waals surface area contributed by atoms with Crippen LogP contribution in [0.1, 0.15) is 136 Å². The van der Waals surface area contributed by atoms with Gasteiger partial charge in [0, 0.05) is 0 Å². The molecule has 0 spiro atoms. The van der Waals surface area contributed by atoms with Gasteiger partial charge in [-0.05, 0) is 19.3 Å². The molecule has 13 heteroatoms. The minimum Gasteiger partial charge on any atom is -0.781 e. The molecule has 0 heterocycles. The minimum absolute atomic E-state index is 0. The van der Waals surface area contributed by atoms with Gasteiger partial charge in [0.25, 0.3) is 0 Å². The monoisotopic (exact) mass is 631 g/mol. The fourth-order valence-corrected chi connectivity index (χ4v) is 4.05. The van der Waals surface area contributed by atoms with E-state index >= 15 is 0 Å². The third-order valence-electron chi connectivity index (χ3n) is 5.15. The van der Waals surface area contributed by atoms with Gasteiger partial charge in [-0.15, -0.1) is 0 Å². The standard InChI is InChI=1S/3C8H19O3P.Cr/c3*1-2-3-4-5-6-7-8-11-12(9)10;/h3*12H,2-8H2,1H3,(H,9,10);/q;;;+3/p-3. The molecule has 0 aromatic heterocycles. The first-order chi connectivity index (χ1) is 17.3. The molecule has 0 fully saturated rings. The summed E-state index contributed by atoms with van der Waals surface area (Å²) >= 11 is 0. The van der Waals surface area contributed by atoms with Gasteiger partial charge in [0.05, 0.1) is 19.8 Å². The van der Waals surface area contributed by atoms with Gasteiger partial charge in [-0.3, -0.25) is 0 Å². The van der Waals surface area contributed by atoms with Gasteiger partial charge in [0.2, 0.25) is 0 Å². The van der Waals surface area contributed by atoms with Crippen LogP contribution in [0.4, 0.5) is 0 Å². The van der Waals surface area contributed by atoms with Crippen molar-refractivity contribution in [2.45, 2.75) is 136 Å². The molecule has 0 N–H and O–H groups in total. The first kappa shape index (κ1) is 45.0. The summed E-state index contributed by atoms with van der Waals surface area (Å²) < 4.78 is 43.3.